The molecule has 1 rings (SSSR count). The molecule has 0 aliphatic heterocycles. The van der Waals surface area contributed by atoms with E-state index >= 15 is 0 Å². The first kappa shape index (κ1) is 6.34. The third-order valence-corrected chi connectivity index (χ3v) is 3.02. The normalized spacial score (nSPS) is 37.0. The summed E-state index contributed by atoms with van der Waals surface area (Å²) < 4.78 is 0.644. The molecule has 0 aromatic rings. The summed E-state index contributed by atoms with van der Waals surface area (Å²) in [5.41, 5.74) is 0. The smallest absolute Gasteiger partial charge is 0.235 e. The Bertz CT molecular complexity index is 116. The second kappa shape index (κ2) is 2.67. The molecule has 2 unspecified atom stereocenters. The lowest BCUT2D eigenvalue weighted by molar-refractivity contribution is 0.833. The van der Waals surface area contributed by atoms with Crippen molar-refractivity contribution in [3.63, 3.8) is 0 Å². The molecule has 0 aromatic heterocycles. The van der Waals surface area contributed by atoms with Gasteiger partial charge in [0.2, 0.25) is 6.04 Å². The molecule has 8 heavy (non-hydrogen) atoms. The quantitative estimate of drug-likeness (QED) is 0.335. The van der Waals surface area contributed by atoms with Crippen molar-refractivity contribution in [2.75, 3.05) is 0 Å². The monoisotopic (exact) mass is 221 g/mol. The van der Waals surface area contributed by atoms with Crippen molar-refractivity contribution < 1.29 is 0 Å². The van der Waals surface area contributed by atoms with Crippen LogP contribution in [0.15, 0.2) is 0 Å². The first-order valence-corrected chi connectivity index (χ1v) is 4.10. The van der Waals surface area contributed by atoms with Crippen molar-refractivity contribution in [1.82, 2.24) is 0 Å². The number of halogens is 1. The van der Waals surface area contributed by atoms with Gasteiger partial charge in [0.15, 0.2) is 0 Å². The molecule has 0 spiro atoms. The zero-order valence-corrected chi connectivity index (χ0v) is 6.76. The number of alkyl halides is 1. The lowest BCUT2D eigenvalue weighted by Crippen LogP contribution is -2.06. The second-order valence-electron chi connectivity index (χ2n) is 2.14. The Balaban J connectivity index is 2.45. The van der Waals surface area contributed by atoms with Gasteiger partial charge in [0.05, 0.1) is 3.92 Å². The Morgan fingerprint density at radius 1 is 1.50 bits per heavy atom. The summed E-state index contributed by atoms with van der Waals surface area (Å²) in [6.07, 6.45) is 3.66. The molecular formula is C6H8IN. The molecule has 1 saturated carbocycles. The minimum atomic E-state index is 0.343. The minimum Gasteiger partial charge on any atom is -0.313 e. The van der Waals surface area contributed by atoms with Crippen LogP contribution in [0.4, 0.5) is 0 Å². The van der Waals surface area contributed by atoms with Crippen molar-refractivity contribution in [3.05, 3.63) is 11.4 Å². The molecule has 0 radical (unpaired) electrons. The summed E-state index contributed by atoms with van der Waals surface area (Å²) in [5, 5.41) is 0. The van der Waals surface area contributed by atoms with Gasteiger partial charge in [-0.05, 0) is 12.8 Å². The van der Waals surface area contributed by atoms with Gasteiger partial charge in [-0.3, -0.25) is 0 Å². The van der Waals surface area contributed by atoms with Crippen molar-refractivity contribution >= 4 is 22.6 Å². The van der Waals surface area contributed by atoms with E-state index in [0.29, 0.717) is 9.97 Å². The fourth-order valence-electron chi connectivity index (χ4n) is 1.04. The molecule has 2 atom stereocenters. The number of rotatable bonds is 0. The average molecular weight is 221 g/mol. The molecule has 0 saturated heterocycles. The Kier molecular flexibility index (Phi) is 2.12. The topological polar surface area (TPSA) is 4.36 Å². The predicted molar refractivity (Wildman–Crippen MR) is 42.0 cm³/mol. The maximum atomic E-state index is 6.75. The molecule has 1 nitrogen and oxygen atoms in total. The van der Waals surface area contributed by atoms with Gasteiger partial charge in [0.1, 0.15) is 0 Å². The highest BCUT2D eigenvalue weighted by Gasteiger charge is 2.28. The van der Waals surface area contributed by atoms with Crippen LogP contribution in [0.5, 0.6) is 0 Å². The minimum absolute atomic E-state index is 0.343. The van der Waals surface area contributed by atoms with Crippen LogP contribution in [0.2, 0.25) is 0 Å². The van der Waals surface area contributed by atoms with E-state index in [1.165, 1.54) is 12.8 Å². The van der Waals surface area contributed by atoms with Gasteiger partial charge < -0.3 is 4.85 Å². The summed E-state index contributed by atoms with van der Waals surface area (Å²) in [4.78, 5) is 3.51. The van der Waals surface area contributed by atoms with Crippen LogP contribution in [-0.4, -0.2) is 9.97 Å². The zero-order chi connectivity index (χ0) is 5.98. The Labute approximate surface area is 63.4 Å². The van der Waals surface area contributed by atoms with Crippen molar-refractivity contribution in [1.29, 1.82) is 0 Å². The molecule has 2 heteroatoms. The number of hydrogen-bond donors (Lipinski definition) is 0. The van der Waals surface area contributed by atoms with Crippen molar-refractivity contribution in [3.8, 4) is 0 Å². The number of nitrogens with zero attached hydrogens (tertiary/aromatic N) is 1. The standard InChI is InChI=1S/C6H8IN/c1-8-6-4-2-3-5(6)7/h5-6H,2-4H2. The Morgan fingerprint density at radius 2 is 2.25 bits per heavy atom. The van der Waals surface area contributed by atoms with Crippen LogP contribution in [0, 0.1) is 6.57 Å². The van der Waals surface area contributed by atoms with E-state index < -0.39 is 0 Å². The van der Waals surface area contributed by atoms with E-state index in [-0.39, 0.29) is 0 Å². The van der Waals surface area contributed by atoms with Crippen LogP contribution >= 0.6 is 22.6 Å². The highest BCUT2D eigenvalue weighted by atomic mass is 127. The van der Waals surface area contributed by atoms with E-state index in [1.54, 1.807) is 0 Å². The fourth-order valence-corrected chi connectivity index (χ4v) is 2.00. The molecule has 0 aromatic carbocycles. The first-order chi connectivity index (χ1) is 3.84. The second-order valence-corrected chi connectivity index (χ2v) is 3.74. The molecule has 44 valence electrons. The molecular weight excluding hydrogens is 213 g/mol. The highest BCUT2D eigenvalue weighted by molar-refractivity contribution is 14.1. The molecule has 1 aliphatic carbocycles. The summed E-state index contributed by atoms with van der Waals surface area (Å²) in [6, 6.07) is 0.343. The summed E-state index contributed by atoms with van der Waals surface area (Å²) in [7, 11) is 0. The van der Waals surface area contributed by atoms with E-state index in [2.05, 4.69) is 27.4 Å². The first-order valence-electron chi connectivity index (χ1n) is 2.85. The maximum absolute atomic E-state index is 6.75. The van der Waals surface area contributed by atoms with Crippen LogP contribution in [0.1, 0.15) is 19.3 Å². The lowest BCUT2D eigenvalue weighted by Gasteiger charge is -1.96. The van der Waals surface area contributed by atoms with Gasteiger partial charge in [0, 0.05) is 6.42 Å². The predicted octanol–water partition coefficient (Wildman–Crippen LogP) is 2.26. The summed E-state index contributed by atoms with van der Waals surface area (Å²) in [6.45, 7) is 6.75. The molecule has 1 aliphatic rings. The van der Waals surface area contributed by atoms with Crippen LogP contribution in [0.3, 0.4) is 0 Å². The molecule has 1 fully saturated rings. The molecule has 0 N–H and O–H groups in total. The molecule has 0 amide bonds. The van der Waals surface area contributed by atoms with Crippen LogP contribution in [-0.2, 0) is 0 Å². The van der Waals surface area contributed by atoms with E-state index in [4.69, 9.17) is 6.57 Å². The van der Waals surface area contributed by atoms with Crippen molar-refractivity contribution in [2.24, 2.45) is 0 Å². The van der Waals surface area contributed by atoms with E-state index in [0.717, 1.165) is 6.42 Å². The van der Waals surface area contributed by atoms with E-state index in [9.17, 15) is 0 Å². The molecule has 0 heterocycles. The van der Waals surface area contributed by atoms with Crippen molar-refractivity contribution in [2.45, 2.75) is 29.2 Å². The van der Waals surface area contributed by atoms with Gasteiger partial charge >= 0.3 is 0 Å². The third kappa shape index (κ3) is 1.13. The van der Waals surface area contributed by atoms with E-state index in [1.807, 2.05) is 0 Å². The SMILES string of the molecule is [C-]#[N+]C1CCCC1I. The average Bonchev–Trinajstić information content (AvgIpc) is 2.14. The number of hydrogen-bond acceptors (Lipinski definition) is 0. The third-order valence-electron chi connectivity index (χ3n) is 1.56. The summed E-state index contributed by atoms with van der Waals surface area (Å²) in [5.74, 6) is 0. The van der Waals surface area contributed by atoms with Gasteiger partial charge in [-0.15, -0.1) is 0 Å². The zero-order valence-electron chi connectivity index (χ0n) is 4.60. The van der Waals surface area contributed by atoms with Crippen LogP contribution in [0.25, 0.3) is 4.85 Å². The Morgan fingerprint density at radius 3 is 2.50 bits per heavy atom. The Hall–Kier alpha value is 0.220. The molecule has 0 bridgehead atoms. The highest BCUT2D eigenvalue weighted by Crippen LogP contribution is 2.28. The summed E-state index contributed by atoms with van der Waals surface area (Å²) >= 11 is 2.38. The van der Waals surface area contributed by atoms with Gasteiger partial charge in [-0.2, -0.15) is 0 Å². The van der Waals surface area contributed by atoms with Gasteiger partial charge in [0.25, 0.3) is 0 Å². The van der Waals surface area contributed by atoms with Crippen LogP contribution < -0.4 is 0 Å². The fraction of sp³-hybridized carbons (Fsp3) is 0.833. The van der Waals surface area contributed by atoms with Gasteiger partial charge in [-0.1, -0.05) is 22.6 Å². The lowest BCUT2D eigenvalue weighted by atomic mass is 10.3. The van der Waals surface area contributed by atoms with Gasteiger partial charge in [-0.25, -0.2) is 6.57 Å². The maximum Gasteiger partial charge on any atom is 0.235 e. The largest absolute Gasteiger partial charge is 0.313 e.